The van der Waals surface area contributed by atoms with E-state index < -0.39 is 10.1 Å². The van der Waals surface area contributed by atoms with Crippen LogP contribution in [0.25, 0.3) is 54.6 Å². The van der Waals surface area contributed by atoms with Crippen molar-refractivity contribution in [3.63, 3.8) is 0 Å². The van der Waals surface area contributed by atoms with Crippen molar-refractivity contribution in [2.75, 3.05) is 7.11 Å². The molecular weight excluding hydrogens is 468 g/mol. The Kier molecular flexibility index (Phi) is 5.25. The zero-order valence-corrected chi connectivity index (χ0v) is 20.3. The Morgan fingerprint density at radius 1 is 0.583 bits per heavy atom. The SMILES string of the molecule is COc1cc(-c2c3ccccc3c(-c3ccc4ccccc4c3)c3ccccc23)ccc1S(=O)(=O)O. The highest BCUT2D eigenvalue weighted by Gasteiger charge is 2.20. The Morgan fingerprint density at radius 3 is 1.58 bits per heavy atom. The summed E-state index contributed by atoms with van der Waals surface area (Å²) in [4.78, 5) is -0.254. The number of benzene rings is 6. The fourth-order valence-corrected chi connectivity index (χ4v) is 5.77. The van der Waals surface area contributed by atoms with Gasteiger partial charge in [0.25, 0.3) is 10.1 Å². The highest BCUT2D eigenvalue weighted by Crippen LogP contribution is 2.45. The average Bonchev–Trinajstić information content (AvgIpc) is 2.90. The smallest absolute Gasteiger partial charge is 0.298 e. The number of fused-ring (bicyclic) bond motifs is 3. The van der Waals surface area contributed by atoms with Crippen LogP contribution in [0.5, 0.6) is 5.75 Å². The molecule has 0 heterocycles. The lowest BCUT2D eigenvalue weighted by Gasteiger charge is -2.18. The third kappa shape index (κ3) is 3.61. The van der Waals surface area contributed by atoms with Crippen LogP contribution < -0.4 is 4.74 Å². The third-order valence-corrected chi connectivity index (χ3v) is 7.59. The van der Waals surface area contributed by atoms with Gasteiger partial charge in [-0.3, -0.25) is 4.55 Å². The molecule has 0 saturated heterocycles. The lowest BCUT2D eigenvalue weighted by atomic mass is 9.85. The molecule has 36 heavy (non-hydrogen) atoms. The normalized spacial score (nSPS) is 11.8. The largest absolute Gasteiger partial charge is 0.495 e. The molecule has 0 saturated carbocycles. The molecule has 6 aromatic rings. The minimum atomic E-state index is -4.42. The highest BCUT2D eigenvalue weighted by molar-refractivity contribution is 7.86. The van der Waals surface area contributed by atoms with Crippen LogP contribution >= 0.6 is 0 Å². The first kappa shape index (κ1) is 22.3. The number of hydrogen-bond acceptors (Lipinski definition) is 3. The summed E-state index contributed by atoms with van der Waals surface area (Å²) in [7, 11) is -3.02. The van der Waals surface area contributed by atoms with Crippen LogP contribution in [-0.4, -0.2) is 20.1 Å². The quantitative estimate of drug-likeness (QED) is 0.203. The maximum Gasteiger partial charge on any atom is 0.298 e. The topological polar surface area (TPSA) is 63.6 Å². The van der Waals surface area contributed by atoms with Crippen molar-refractivity contribution in [2.45, 2.75) is 4.90 Å². The van der Waals surface area contributed by atoms with Gasteiger partial charge in [-0.2, -0.15) is 8.42 Å². The molecule has 0 fully saturated rings. The van der Waals surface area contributed by atoms with Gasteiger partial charge in [0.15, 0.2) is 0 Å². The molecule has 0 radical (unpaired) electrons. The predicted octanol–water partition coefficient (Wildman–Crippen LogP) is 7.74. The summed E-state index contributed by atoms with van der Waals surface area (Å²) in [5.41, 5.74) is 4.06. The third-order valence-electron chi connectivity index (χ3n) is 6.70. The van der Waals surface area contributed by atoms with Crippen molar-refractivity contribution in [1.82, 2.24) is 0 Å². The molecular formula is C31H22O4S. The fraction of sp³-hybridized carbons (Fsp3) is 0.0323. The van der Waals surface area contributed by atoms with Gasteiger partial charge in [0.2, 0.25) is 0 Å². The number of methoxy groups -OCH3 is 1. The van der Waals surface area contributed by atoms with Gasteiger partial charge in [-0.1, -0.05) is 91.0 Å². The lowest BCUT2D eigenvalue weighted by Crippen LogP contribution is -2.01. The second-order valence-corrected chi connectivity index (χ2v) is 10.1. The second kappa shape index (κ2) is 8.48. The molecule has 0 spiro atoms. The molecule has 1 N–H and O–H groups in total. The van der Waals surface area contributed by atoms with E-state index in [2.05, 4.69) is 60.7 Å². The second-order valence-electron chi connectivity index (χ2n) is 8.74. The summed E-state index contributed by atoms with van der Waals surface area (Å²) >= 11 is 0. The van der Waals surface area contributed by atoms with Crippen molar-refractivity contribution >= 4 is 42.4 Å². The average molecular weight is 491 g/mol. The number of rotatable bonds is 4. The minimum Gasteiger partial charge on any atom is -0.495 e. The van der Waals surface area contributed by atoms with Crippen LogP contribution in [-0.2, 0) is 10.1 Å². The first-order valence-electron chi connectivity index (χ1n) is 11.5. The van der Waals surface area contributed by atoms with Crippen LogP contribution in [0.2, 0.25) is 0 Å². The summed E-state index contributed by atoms with van der Waals surface area (Å²) in [6, 6.07) is 36.2. The summed E-state index contributed by atoms with van der Waals surface area (Å²) in [6.45, 7) is 0. The molecule has 0 aliphatic rings. The molecule has 0 amide bonds. The molecule has 6 aromatic carbocycles. The molecule has 176 valence electrons. The number of hydrogen-bond donors (Lipinski definition) is 1. The van der Waals surface area contributed by atoms with Crippen LogP contribution in [0.4, 0.5) is 0 Å². The Labute approximate surface area is 209 Å². The van der Waals surface area contributed by atoms with E-state index in [0.717, 1.165) is 43.8 Å². The van der Waals surface area contributed by atoms with Gasteiger partial charge >= 0.3 is 0 Å². The van der Waals surface area contributed by atoms with Crippen LogP contribution in [0.15, 0.2) is 114 Å². The highest BCUT2D eigenvalue weighted by atomic mass is 32.2. The van der Waals surface area contributed by atoms with Crippen molar-refractivity contribution < 1.29 is 17.7 Å². The number of ether oxygens (including phenoxy) is 1. The van der Waals surface area contributed by atoms with Gasteiger partial charge in [-0.15, -0.1) is 0 Å². The maximum atomic E-state index is 11.9. The van der Waals surface area contributed by atoms with Gasteiger partial charge in [-0.25, -0.2) is 0 Å². The Hall–Kier alpha value is -4.19. The maximum absolute atomic E-state index is 11.9. The van der Waals surface area contributed by atoms with Gasteiger partial charge in [0, 0.05) is 0 Å². The molecule has 0 bridgehead atoms. The summed E-state index contributed by atoms with van der Waals surface area (Å²) in [6.07, 6.45) is 0. The van der Waals surface area contributed by atoms with Crippen molar-refractivity contribution in [1.29, 1.82) is 0 Å². The molecule has 0 atom stereocenters. The van der Waals surface area contributed by atoms with E-state index in [1.165, 1.54) is 23.9 Å². The standard InChI is InChI=1S/C31H22O4S/c1-35-28-19-23(16-17-29(28)36(32,33)34)31-26-12-6-4-10-24(26)30(25-11-5-7-13-27(25)31)22-15-14-20-8-2-3-9-21(20)18-22/h2-19H,1H3,(H,32,33,34). The molecule has 5 heteroatoms. The van der Waals surface area contributed by atoms with Crippen LogP contribution in [0.1, 0.15) is 0 Å². The van der Waals surface area contributed by atoms with Gasteiger partial charge in [0.1, 0.15) is 10.6 Å². The molecule has 4 nitrogen and oxygen atoms in total. The van der Waals surface area contributed by atoms with Crippen molar-refractivity contribution in [3.05, 3.63) is 109 Å². The first-order valence-corrected chi connectivity index (χ1v) is 13.0. The van der Waals surface area contributed by atoms with E-state index in [1.54, 1.807) is 12.1 Å². The minimum absolute atomic E-state index is 0.0989. The van der Waals surface area contributed by atoms with Gasteiger partial charge in [0.05, 0.1) is 7.11 Å². The van der Waals surface area contributed by atoms with Crippen molar-refractivity contribution in [3.8, 4) is 28.0 Å². The van der Waals surface area contributed by atoms with E-state index in [9.17, 15) is 13.0 Å². The molecule has 0 aliphatic heterocycles. The van der Waals surface area contributed by atoms with E-state index in [-0.39, 0.29) is 10.6 Å². The van der Waals surface area contributed by atoms with Crippen molar-refractivity contribution in [2.24, 2.45) is 0 Å². The monoisotopic (exact) mass is 490 g/mol. The molecule has 0 unspecified atom stereocenters. The fourth-order valence-electron chi connectivity index (χ4n) is 5.13. The Bertz CT molecular complexity index is 1850. The Morgan fingerprint density at radius 2 is 1.06 bits per heavy atom. The van der Waals surface area contributed by atoms with E-state index >= 15 is 0 Å². The van der Waals surface area contributed by atoms with Crippen LogP contribution in [0.3, 0.4) is 0 Å². The first-order chi connectivity index (χ1) is 17.5. The zero-order chi connectivity index (χ0) is 24.9. The lowest BCUT2D eigenvalue weighted by molar-refractivity contribution is 0.398. The predicted molar refractivity (Wildman–Crippen MR) is 146 cm³/mol. The molecule has 6 rings (SSSR count). The van der Waals surface area contributed by atoms with E-state index in [1.807, 2.05) is 30.3 Å². The van der Waals surface area contributed by atoms with Gasteiger partial charge in [-0.05, 0) is 72.8 Å². The summed E-state index contributed by atoms with van der Waals surface area (Å²) < 4.78 is 38.7. The molecule has 0 aromatic heterocycles. The van der Waals surface area contributed by atoms with Gasteiger partial charge < -0.3 is 4.74 Å². The summed E-state index contributed by atoms with van der Waals surface area (Å²) in [5, 5.41) is 6.65. The summed E-state index contributed by atoms with van der Waals surface area (Å²) in [5.74, 6) is 0.0989. The van der Waals surface area contributed by atoms with E-state index in [0.29, 0.717) is 0 Å². The zero-order valence-electron chi connectivity index (χ0n) is 19.5. The van der Waals surface area contributed by atoms with Crippen LogP contribution in [0, 0.1) is 0 Å². The Balaban J connectivity index is 1.72. The molecule has 0 aliphatic carbocycles. The van der Waals surface area contributed by atoms with E-state index in [4.69, 9.17) is 4.74 Å².